The van der Waals surface area contributed by atoms with Crippen molar-refractivity contribution in [2.45, 2.75) is 38.8 Å². The van der Waals surface area contributed by atoms with Crippen LogP contribution < -0.4 is 5.11 Å². The van der Waals surface area contributed by atoms with Crippen LogP contribution in [0.5, 0.6) is 0 Å². The first-order chi connectivity index (χ1) is 7.20. The highest BCUT2D eigenvalue weighted by atomic mass is 16.6. The van der Waals surface area contributed by atoms with Crippen molar-refractivity contribution in [3.8, 4) is 0 Å². The van der Waals surface area contributed by atoms with Gasteiger partial charge in [0.05, 0.1) is 18.6 Å². The van der Waals surface area contributed by atoms with Gasteiger partial charge in [0, 0.05) is 6.42 Å². The summed E-state index contributed by atoms with van der Waals surface area (Å²) in [6.45, 7) is 4.76. The summed E-state index contributed by atoms with van der Waals surface area (Å²) in [6.07, 6.45) is -1.01. The molecule has 1 aliphatic rings. The van der Waals surface area contributed by atoms with Gasteiger partial charge in [0.2, 0.25) is 0 Å². The molecular formula is C10H14NO5-. The van der Waals surface area contributed by atoms with E-state index in [2.05, 4.69) is 0 Å². The van der Waals surface area contributed by atoms with E-state index in [9.17, 15) is 19.5 Å². The van der Waals surface area contributed by atoms with Crippen LogP contribution in [-0.2, 0) is 14.3 Å². The monoisotopic (exact) mass is 228 g/mol. The molecule has 1 atom stereocenters. The number of likely N-dealkylation sites (tertiary alicyclic amines) is 1. The Morgan fingerprint density at radius 2 is 2.00 bits per heavy atom. The standard InChI is InChI=1S/C10H15NO5/c1-10(2,3)16-9(15)11-5-6(12)4-7(11)8(13)14/h7H,4-5H2,1-3H3,(H,13,14)/p-1. The summed E-state index contributed by atoms with van der Waals surface area (Å²) in [5, 5.41) is 10.7. The van der Waals surface area contributed by atoms with Gasteiger partial charge in [-0.15, -0.1) is 0 Å². The van der Waals surface area contributed by atoms with Crippen molar-refractivity contribution < 1.29 is 24.2 Å². The van der Waals surface area contributed by atoms with Crippen LogP contribution in [0.25, 0.3) is 0 Å². The summed E-state index contributed by atoms with van der Waals surface area (Å²) in [5.74, 6) is -1.74. The average molecular weight is 228 g/mol. The molecule has 0 N–H and O–H groups in total. The first kappa shape index (κ1) is 12.5. The Balaban J connectivity index is 2.75. The minimum atomic E-state index is -1.43. The molecule has 1 heterocycles. The minimum Gasteiger partial charge on any atom is -0.548 e. The maximum absolute atomic E-state index is 11.6. The lowest BCUT2D eigenvalue weighted by Gasteiger charge is -2.28. The van der Waals surface area contributed by atoms with Crippen molar-refractivity contribution in [3.63, 3.8) is 0 Å². The maximum atomic E-state index is 11.6. The number of hydrogen-bond acceptors (Lipinski definition) is 5. The first-order valence-electron chi connectivity index (χ1n) is 4.93. The third-order valence-electron chi connectivity index (χ3n) is 2.04. The average Bonchev–Trinajstić information content (AvgIpc) is 2.44. The molecule has 0 saturated carbocycles. The number of carboxylic acid groups (broad SMARTS) is 1. The van der Waals surface area contributed by atoms with Crippen molar-refractivity contribution in [2.24, 2.45) is 0 Å². The predicted molar refractivity (Wildman–Crippen MR) is 51.4 cm³/mol. The highest BCUT2D eigenvalue weighted by molar-refractivity contribution is 5.94. The zero-order chi connectivity index (χ0) is 12.5. The number of nitrogens with zero attached hydrogens (tertiary/aromatic N) is 1. The summed E-state index contributed by atoms with van der Waals surface area (Å²) >= 11 is 0. The third kappa shape index (κ3) is 2.95. The molecule has 6 heteroatoms. The van der Waals surface area contributed by atoms with Gasteiger partial charge < -0.3 is 14.6 Å². The van der Waals surface area contributed by atoms with Crippen LogP contribution in [0, 0.1) is 0 Å². The highest BCUT2D eigenvalue weighted by Crippen LogP contribution is 2.18. The normalized spacial score (nSPS) is 21.1. The Bertz CT molecular complexity index is 331. The summed E-state index contributed by atoms with van der Waals surface area (Å²) in [6, 6.07) is -1.21. The van der Waals surface area contributed by atoms with Crippen LogP contribution in [0.2, 0.25) is 0 Å². The summed E-state index contributed by atoms with van der Waals surface area (Å²) < 4.78 is 4.99. The van der Waals surface area contributed by atoms with Crippen molar-refractivity contribution >= 4 is 17.8 Å². The van der Waals surface area contributed by atoms with E-state index in [1.807, 2.05) is 0 Å². The van der Waals surface area contributed by atoms with Crippen molar-refractivity contribution in [1.82, 2.24) is 4.90 Å². The molecule has 1 unspecified atom stereocenters. The van der Waals surface area contributed by atoms with Crippen LogP contribution in [-0.4, -0.2) is 40.9 Å². The second kappa shape index (κ2) is 4.11. The molecule has 0 bridgehead atoms. The van der Waals surface area contributed by atoms with Gasteiger partial charge in [-0.2, -0.15) is 0 Å². The van der Waals surface area contributed by atoms with Gasteiger partial charge in [0.15, 0.2) is 5.78 Å². The third-order valence-corrected chi connectivity index (χ3v) is 2.04. The van der Waals surface area contributed by atoms with E-state index in [0.29, 0.717) is 0 Å². The molecule has 0 aromatic carbocycles. The molecule has 0 aromatic rings. The van der Waals surface area contributed by atoms with Gasteiger partial charge in [-0.25, -0.2) is 4.79 Å². The van der Waals surface area contributed by atoms with Gasteiger partial charge in [-0.1, -0.05) is 0 Å². The van der Waals surface area contributed by atoms with Crippen LogP contribution in [0.3, 0.4) is 0 Å². The molecule has 0 aliphatic carbocycles. The smallest absolute Gasteiger partial charge is 0.411 e. The number of carboxylic acids is 1. The topological polar surface area (TPSA) is 86.7 Å². The van der Waals surface area contributed by atoms with E-state index < -0.39 is 23.7 Å². The van der Waals surface area contributed by atoms with E-state index in [1.54, 1.807) is 20.8 Å². The van der Waals surface area contributed by atoms with E-state index in [1.165, 1.54) is 0 Å². The number of Topliss-reactive ketones (excluding diaryl/α,β-unsaturated/α-hetero) is 1. The van der Waals surface area contributed by atoms with E-state index in [-0.39, 0.29) is 18.7 Å². The number of rotatable bonds is 1. The second-order valence-corrected chi connectivity index (χ2v) is 4.69. The Hall–Kier alpha value is -1.59. The number of amides is 1. The molecule has 1 aliphatic heterocycles. The molecule has 1 rings (SSSR count). The molecule has 16 heavy (non-hydrogen) atoms. The first-order valence-corrected chi connectivity index (χ1v) is 4.93. The summed E-state index contributed by atoms with van der Waals surface area (Å²) in [4.78, 5) is 34.3. The lowest BCUT2D eigenvalue weighted by atomic mass is 10.2. The molecule has 6 nitrogen and oxygen atoms in total. The SMILES string of the molecule is CC(C)(C)OC(=O)N1CC(=O)CC1C(=O)[O-]. The van der Waals surface area contributed by atoms with Gasteiger partial charge in [0.1, 0.15) is 5.60 Å². The predicted octanol–water partition coefficient (Wildman–Crippen LogP) is -0.685. The van der Waals surface area contributed by atoms with E-state index in [4.69, 9.17) is 4.74 Å². The Morgan fingerprint density at radius 1 is 1.44 bits per heavy atom. The van der Waals surface area contributed by atoms with Gasteiger partial charge in [0.25, 0.3) is 0 Å². The van der Waals surface area contributed by atoms with Crippen LogP contribution >= 0.6 is 0 Å². The van der Waals surface area contributed by atoms with Gasteiger partial charge in [-0.05, 0) is 20.8 Å². The van der Waals surface area contributed by atoms with E-state index >= 15 is 0 Å². The number of carbonyl (C=O) groups is 3. The van der Waals surface area contributed by atoms with Crippen LogP contribution in [0.15, 0.2) is 0 Å². The zero-order valence-corrected chi connectivity index (χ0v) is 9.48. The van der Waals surface area contributed by atoms with Crippen LogP contribution in [0.1, 0.15) is 27.2 Å². The fourth-order valence-electron chi connectivity index (χ4n) is 1.41. The largest absolute Gasteiger partial charge is 0.548 e. The number of ketones is 1. The van der Waals surface area contributed by atoms with Gasteiger partial charge in [-0.3, -0.25) is 9.69 Å². The number of aliphatic carboxylic acids is 1. The van der Waals surface area contributed by atoms with Gasteiger partial charge >= 0.3 is 6.09 Å². The van der Waals surface area contributed by atoms with E-state index in [0.717, 1.165) is 4.90 Å². The molecular weight excluding hydrogens is 214 g/mol. The maximum Gasteiger partial charge on any atom is 0.411 e. The Kier molecular flexibility index (Phi) is 3.21. The fourth-order valence-corrected chi connectivity index (χ4v) is 1.41. The van der Waals surface area contributed by atoms with Crippen molar-refractivity contribution in [3.05, 3.63) is 0 Å². The number of hydrogen-bond donors (Lipinski definition) is 0. The van der Waals surface area contributed by atoms with Crippen LogP contribution in [0.4, 0.5) is 4.79 Å². The Morgan fingerprint density at radius 3 is 2.44 bits per heavy atom. The second-order valence-electron chi connectivity index (χ2n) is 4.69. The number of carbonyl (C=O) groups excluding carboxylic acids is 3. The Labute approximate surface area is 93.2 Å². The lowest BCUT2D eigenvalue weighted by molar-refractivity contribution is -0.310. The highest BCUT2D eigenvalue weighted by Gasteiger charge is 2.37. The molecule has 0 aromatic heterocycles. The fraction of sp³-hybridized carbons (Fsp3) is 0.700. The quantitative estimate of drug-likeness (QED) is 0.593. The molecule has 0 spiro atoms. The molecule has 1 amide bonds. The molecule has 90 valence electrons. The lowest BCUT2D eigenvalue weighted by Crippen LogP contribution is -2.48. The van der Waals surface area contributed by atoms with Crippen molar-refractivity contribution in [1.29, 1.82) is 0 Å². The summed E-state index contributed by atoms with van der Waals surface area (Å²) in [7, 11) is 0. The van der Waals surface area contributed by atoms with Crippen molar-refractivity contribution in [2.75, 3.05) is 6.54 Å². The molecule has 1 saturated heterocycles. The minimum absolute atomic E-state index is 0.207. The summed E-state index contributed by atoms with van der Waals surface area (Å²) in [5.41, 5.74) is -0.723. The molecule has 0 radical (unpaired) electrons. The number of ether oxygens (including phenoxy) is 1. The molecule has 1 fully saturated rings. The zero-order valence-electron chi connectivity index (χ0n) is 9.48.